The lowest BCUT2D eigenvalue weighted by atomic mass is 10.0. The van der Waals surface area contributed by atoms with Crippen molar-refractivity contribution in [1.29, 1.82) is 5.26 Å². The molecule has 0 unspecified atom stereocenters. The van der Waals surface area contributed by atoms with E-state index in [-0.39, 0.29) is 5.56 Å². The average Bonchev–Trinajstić information content (AvgIpc) is 2.68. The number of rotatable bonds is 1. The normalized spacial score (nSPS) is 13.1. The summed E-state index contributed by atoms with van der Waals surface area (Å²) in [7, 11) is 0. The average molecular weight is 204 g/mol. The summed E-state index contributed by atoms with van der Waals surface area (Å²) in [5, 5.41) is 9.05. The summed E-state index contributed by atoms with van der Waals surface area (Å²) >= 11 is 0. The van der Waals surface area contributed by atoms with Gasteiger partial charge in [0.2, 0.25) is 5.88 Å². The minimum Gasteiger partial charge on any atom is -0.476 e. The Hall–Kier alpha value is -1.76. The van der Waals surface area contributed by atoms with Gasteiger partial charge in [-0.15, -0.1) is 0 Å². The summed E-state index contributed by atoms with van der Waals surface area (Å²) < 4.78 is 6.88. The van der Waals surface area contributed by atoms with Crippen LogP contribution in [-0.4, -0.2) is 11.2 Å². The van der Waals surface area contributed by atoms with E-state index in [1.807, 2.05) is 6.92 Å². The van der Waals surface area contributed by atoms with Crippen molar-refractivity contribution in [2.45, 2.75) is 26.8 Å². The Kier molecular flexibility index (Phi) is 2.24. The molecule has 0 spiro atoms. The second-order valence-corrected chi connectivity index (χ2v) is 3.55. The van der Waals surface area contributed by atoms with E-state index in [0.29, 0.717) is 31.0 Å². The first-order valence-corrected chi connectivity index (χ1v) is 4.99. The number of pyridine rings is 1. The molecule has 0 radical (unpaired) electrons. The molecule has 1 aromatic heterocycles. The Morgan fingerprint density at radius 1 is 1.60 bits per heavy atom. The molecule has 0 bridgehead atoms. The van der Waals surface area contributed by atoms with Crippen molar-refractivity contribution < 1.29 is 4.74 Å². The molecule has 0 N–H and O–H groups in total. The molecule has 1 aliphatic rings. The van der Waals surface area contributed by atoms with Crippen LogP contribution in [0.5, 0.6) is 5.88 Å². The van der Waals surface area contributed by atoms with Gasteiger partial charge in [-0.2, -0.15) is 5.26 Å². The summed E-state index contributed by atoms with van der Waals surface area (Å²) in [6, 6.07) is 2.11. The summed E-state index contributed by atoms with van der Waals surface area (Å²) in [6.45, 7) is 4.77. The SMILES string of the molecule is CCc1c(C)c(C#N)c2n(c1=O)CCO2. The first-order chi connectivity index (χ1) is 7.20. The van der Waals surface area contributed by atoms with Crippen LogP contribution < -0.4 is 10.3 Å². The number of hydrogen-bond acceptors (Lipinski definition) is 3. The van der Waals surface area contributed by atoms with Crippen molar-refractivity contribution in [3.63, 3.8) is 0 Å². The Labute approximate surface area is 87.7 Å². The molecule has 0 aliphatic carbocycles. The summed E-state index contributed by atoms with van der Waals surface area (Å²) in [5.74, 6) is 0.442. The monoisotopic (exact) mass is 204 g/mol. The van der Waals surface area contributed by atoms with Gasteiger partial charge in [-0.3, -0.25) is 9.36 Å². The van der Waals surface area contributed by atoms with E-state index in [1.165, 1.54) is 0 Å². The predicted octanol–water partition coefficient (Wildman–Crippen LogP) is 0.983. The first kappa shape index (κ1) is 9.78. The zero-order valence-corrected chi connectivity index (χ0v) is 8.83. The molecule has 1 aliphatic heterocycles. The van der Waals surface area contributed by atoms with Gasteiger partial charge in [-0.05, 0) is 18.9 Å². The smallest absolute Gasteiger partial charge is 0.256 e. The fourth-order valence-corrected chi connectivity index (χ4v) is 2.00. The summed E-state index contributed by atoms with van der Waals surface area (Å²) in [4.78, 5) is 12.0. The fraction of sp³-hybridized carbons (Fsp3) is 0.455. The second-order valence-electron chi connectivity index (χ2n) is 3.55. The Morgan fingerprint density at radius 3 is 2.93 bits per heavy atom. The third kappa shape index (κ3) is 1.23. The minimum atomic E-state index is -0.0125. The van der Waals surface area contributed by atoms with Crippen molar-refractivity contribution in [3.05, 3.63) is 27.0 Å². The van der Waals surface area contributed by atoms with Gasteiger partial charge in [0.25, 0.3) is 5.56 Å². The topological polar surface area (TPSA) is 55.0 Å². The minimum absolute atomic E-state index is 0.0125. The highest BCUT2D eigenvalue weighted by Gasteiger charge is 2.22. The van der Waals surface area contributed by atoms with Gasteiger partial charge >= 0.3 is 0 Å². The molecule has 4 nitrogen and oxygen atoms in total. The Balaban J connectivity index is 2.85. The van der Waals surface area contributed by atoms with Crippen LogP contribution in [0.25, 0.3) is 0 Å². The molecule has 0 aromatic carbocycles. The van der Waals surface area contributed by atoms with Crippen LogP contribution in [0.2, 0.25) is 0 Å². The highest BCUT2D eigenvalue weighted by Crippen LogP contribution is 2.25. The molecule has 2 heterocycles. The third-order valence-corrected chi connectivity index (χ3v) is 2.81. The van der Waals surface area contributed by atoms with E-state index < -0.39 is 0 Å². The number of ether oxygens (including phenoxy) is 1. The van der Waals surface area contributed by atoms with Gasteiger partial charge < -0.3 is 4.74 Å². The van der Waals surface area contributed by atoms with E-state index in [9.17, 15) is 4.79 Å². The molecule has 1 aromatic rings. The van der Waals surface area contributed by atoms with Gasteiger partial charge in [0.15, 0.2) is 0 Å². The zero-order valence-electron chi connectivity index (χ0n) is 8.83. The second kappa shape index (κ2) is 3.43. The summed E-state index contributed by atoms with van der Waals surface area (Å²) in [5.41, 5.74) is 1.98. The maximum Gasteiger partial charge on any atom is 0.256 e. The molecule has 0 fully saturated rings. The van der Waals surface area contributed by atoms with Crippen LogP contribution >= 0.6 is 0 Å². The Bertz CT molecular complexity index is 502. The largest absolute Gasteiger partial charge is 0.476 e. The number of nitrogens with zero attached hydrogens (tertiary/aromatic N) is 2. The standard InChI is InChI=1S/C11H12N2O2/c1-3-8-7(2)9(6-12)11-13(10(8)14)4-5-15-11/h3-5H2,1-2H3. The molecule has 4 heteroatoms. The van der Waals surface area contributed by atoms with Crippen LogP contribution in [0.3, 0.4) is 0 Å². The van der Waals surface area contributed by atoms with Crippen LogP contribution in [0.1, 0.15) is 23.6 Å². The van der Waals surface area contributed by atoms with Gasteiger partial charge in [-0.25, -0.2) is 0 Å². The molecule has 0 amide bonds. The molecule has 0 atom stereocenters. The van der Waals surface area contributed by atoms with E-state index in [0.717, 1.165) is 11.1 Å². The lowest BCUT2D eigenvalue weighted by Crippen LogP contribution is -2.23. The van der Waals surface area contributed by atoms with Gasteiger partial charge in [-0.1, -0.05) is 6.92 Å². The zero-order chi connectivity index (χ0) is 11.0. The lowest BCUT2D eigenvalue weighted by molar-refractivity contribution is 0.355. The van der Waals surface area contributed by atoms with E-state index in [4.69, 9.17) is 10.00 Å². The Morgan fingerprint density at radius 2 is 2.33 bits per heavy atom. The highest BCUT2D eigenvalue weighted by molar-refractivity contribution is 5.49. The molecule has 2 rings (SSSR count). The molecule has 15 heavy (non-hydrogen) atoms. The van der Waals surface area contributed by atoms with Crippen molar-refractivity contribution >= 4 is 0 Å². The van der Waals surface area contributed by atoms with Crippen LogP contribution in [0, 0.1) is 18.3 Å². The van der Waals surface area contributed by atoms with Crippen molar-refractivity contribution in [2.24, 2.45) is 0 Å². The van der Waals surface area contributed by atoms with Crippen LogP contribution in [0.15, 0.2) is 4.79 Å². The molecular formula is C11H12N2O2. The number of aromatic nitrogens is 1. The van der Waals surface area contributed by atoms with Crippen LogP contribution in [0.4, 0.5) is 0 Å². The van der Waals surface area contributed by atoms with Gasteiger partial charge in [0.05, 0.1) is 6.54 Å². The third-order valence-electron chi connectivity index (χ3n) is 2.81. The molecule has 0 saturated carbocycles. The number of nitriles is 1. The number of hydrogen-bond donors (Lipinski definition) is 0. The van der Waals surface area contributed by atoms with Gasteiger partial charge in [0.1, 0.15) is 18.2 Å². The number of fused-ring (bicyclic) bond motifs is 1. The quantitative estimate of drug-likeness (QED) is 0.685. The van der Waals surface area contributed by atoms with Crippen molar-refractivity contribution in [2.75, 3.05) is 6.61 Å². The van der Waals surface area contributed by atoms with Crippen LogP contribution in [-0.2, 0) is 13.0 Å². The lowest BCUT2D eigenvalue weighted by Gasteiger charge is -2.09. The van der Waals surface area contributed by atoms with Crippen molar-refractivity contribution in [1.82, 2.24) is 4.57 Å². The summed E-state index contributed by atoms with van der Waals surface area (Å²) in [6.07, 6.45) is 0.652. The van der Waals surface area contributed by atoms with Gasteiger partial charge in [0, 0.05) is 5.56 Å². The van der Waals surface area contributed by atoms with E-state index >= 15 is 0 Å². The predicted molar refractivity (Wildman–Crippen MR) is 55.0 cm³/mol. The molecule has 0 saturated heterocycles. The molecule has 78 valence electrons. The maximum atomic E-state index is 12.0. The fourth-order valence-electron chi connectivity index (χ4n) is 2.00. The van der Waals surface area contributed by atoms with Crippen molar-refractivity contribution in [3.8, 4) is 11.9 Å². The first-order valence-electron chi connectivity index (χ1n) is 4.99. The van der Waals surface area contributed by atoms with E-state index in [1.54, 1.807) is 11.5 Å². The molecular weight excluding hydrogens is 192 g/mol. The van der Waals surface area contributed by atoms with E-state index in [2.05, 4.69) is 6.07 Å². The maximum absolute atomic E-state index is 12.0. The highest BCUT2D eigenvalue weighted by atomic mass is 16.5.